The summed E-state index contributed by atoms with van der Waals surface area (Å²) in [6.45, 7) is 4.14. The Morgan fingerprint density at radius 3 is 2.58 bits per heavy atom. The van der Waals surface area contributed by atoms with Crippen molar-refractivity contribution >= 4 is 29.0 Å². The first-order valence-electron chi connectivity index (χ1n) is 6.02. The maximum atomic E-state index is 11.6. The van der Waals surface area contributed by atoms with Gasteiger partial charge in [0.05, 0.1) is 6.54 Å². The van der Waals surface area contributed by atoms with Gasteiger partial charge in [0.1, 0.15) is 0 Å². The van der Waals surface area contributed by atoms with E-state index in [-0.39, 0.29) is 18.4 Å². The van der Waals surface area contributed by atoms with E-state index in [0.29, 0.717) is 11.6 Å². The third-order valence-corrected chi connectivity index (χ3v) is 2.77. The molecule has 0 aliphatic carbocycles. The minimum absolute atomic E-state index is 0.0288. The number of allylic oxidation sites excluding steroid dienone is 1. The molecule has 4 nitrogen and oxygen atoms in total. The zero-order chi connectivity index (χ0) is 14.3. The minimum Gasteiger partial charge on any atom is -0.355 e. The van der Waals surface area contributed by atoms with Crippen molar-refractivity contribution in [3.8, 4) is 0 Å². The van der Waals surface area contributed by atoms with Crippen LogP contribution in [0.5, 0.6) is 0 Å². The normalized spacial score (nSPS) is 11.0. The maximum absolute atomic E-state index is 11.6. The molecule has 2 amide bonds. The number of carbonyl (C=O) groups excluding carboxylic acids is 2. The van der Waals surface area contributed by atoms with Gasteiger partial charge in [-0.25, -0.2) is 0 Å². The lowest BCUT2D eigenvalue weighted by Gasteiger charge is -2.05. The Kier molecular flexibility index (Phi) is 6.09. The van der Waals surface area contributed by atoms with Gasteiger partial charge in [-0.15, -0.1) is 0 Å². The van der Waals surface area contributed by atoms with Crippen LogP contribution in [-0.2, 0) is 9.59 Å². The summed E-state index contributed by atoms with van der Waals surface area (Å²) >= 11 is 6.03. The van der Waals surface area contributed by atoms with Crippen molar-refractivity contribution in [3.05, 3.63) is 40.9 Å². The zero-order valence-electron chi connectivity index (χ0n) is 11.0. The Morgan fingerprint density at radius 2 is 1.95 bits per heavy atom. The van der Waals surface area contributed by atoms with E-state index in [4.69, 9.17) is 11.6 Å². The van der Waals surface area contributed by atoms with Crippen molar-refractivity contribution < 1.29 is 9.59 Å². The molecule has 0 heterocycles. The first kappa shape index (κ1) is 15.2. The zero-order valence-corrected chi connectivity index (χ0v) is 11.8. The van der Waals surface area contributed by atoms with Crippen LogP contribution < -0.4 is 10.6 Å². The van der Waals surface area contributed by atoms with Crippen LogP contribution in [0.25, 0.3) is 5.57 Å². The van der Waals surface area contributed by atoms with Gasteiger partial charge in [0.2, 0.25) is 11.8 Å². The molecule has 0 radical (unpaired) electrons. The first-order chi connectivity index (χ1) is 9.04. The fraction of sp³-hybridized carbons (Fsp3) is 0.286. The number of amides is 2. The molecule has 1 rings (SSSR count). The standard InChI is InChI=1S/C14H17ClN2O2/c1-3-16-14(19)9-17-13(18)8-10(2)11-6-4-5-7-12(11)15/h4-8H,3,9H2,1-2H3,(H,16,19)(H,17,18)/b10-8-. The molecule has 0 aromatic heterocycles. The minimum atomic E-state index is -0.316. The highest BCUT2D eigenvalue weighted by Crippen LogP contribution is 2.22. The third-order valence-electron chi connectivity index (χ3n) is 2.44. The Bertz CT molecular complexity index is 498. The van der Waals surface area contributed by atoms with Crippen LogP contribution in [0, 0.1) is 0 Å². The number of carbonyl (C=O) groups is 2. The van der Waals surface area contributed by atoms with Gasteiger partial charge in [-0.3, -0.25) is 9.59 Å². The molecule has 0 saturated carbocycles. The van der Waals surface area contributed by atoms with Crippen molar-refractivity contribution in [3.63, 3.8) is 0 Å². The lowest BCUT2D eigenvalue weighted by molar-refractivity contribution is -0.123. The fourth-order valence-corrected chi connectivity index (χ4v) is 1.82. The smallest absolute Gasteiger partial charge is 0.244 e. The van der Waals surface area contributed by atoms with Crippen LogP contribution in [-0.4, -0.2) is 24.9 Å². The van der Waals surface area contributed by atoms with E-state index >= 15 is 0 Å². The number of rotatable bonds is 5. The van der Waals surface area contributed by atoms with Gasteiger partial charge in [-0.2, -0.15) is 0 Å². The van der Waals surface area contributed by atoms with Gasteiger partial charge >= 0.3 is 0 Å². The van der Waals surface area contributed by atoms with Gasteiger partial charge in [0.15, 0.2) is 0 Å². The number of hydrogen-bond acceptors (Lipinski definition) is 2. The SMILES string of the molecule is CCNC(=O)CNC(=O)/C=C(/C)c1ccccc1Cl. The number of benzene rings is 1. The molecule has 1 aromatic rings. The second-order valence-electron chi connectivity index (χ2n) is 3.98. The molecule has 0 saturated heterocycles. The van der Waals surface area contributed by atoms with E-state index in [9.17, 15) is 9.59 Å². The highest BCUT2D eigenvalue weighted by Gasteiger charge is 2.05. The summed E-state index contributed by atoms with van der Waals surface area (Å²) in [6.07, 6.45) is 1.43. The average molecular weight is 281 g/mol. The maximum Gasteiger partial charge on any atom is 0.244 e. The summed E-state index contributed by atoms with van der Waals surface area (Å²) in [7, 11) is 0. The largest absolute Gasteiger partial charge is 0.355 e. The lowest BCUT2D eigenvalue weighted by atomic mass is 10.1. The van der Waals surface area contributed by atoms with E-state index in [0.717, 1.165) is 11.1 Å². The third kappa shape index (κ3) is 5.14. The average Bonchev–Trinajstić information content (AvgIpc) is 2.37. The summed E-state index contributed by atoms with van der Waals surface area (Å²) < 4.78 is 0. The molecule has 0 unspecified atom stereocenters. The van der Waals surface area contributed by atoms with Crippen LogP contribution in [0.4, 0.5) is 0 Å². The summed E-state index contributed by atoms with van der Waals surface area (Å²) in [4.78, 5) is 22.8. The molecular formula is C14H17ClN2O2. The number of likely N-dealkylation sites (N-methyl/N-ethyl adjacent to an activating group) is 1. The molecule has 102 valence electrons. The molecular weight excluding hydrogens is 264 g/mol. The quantitative estimate of drug-likeness (QED) is 0.811. The van der Waals surface area contributed by atoms with E-state index in [1.165, 1.54) is 6.08 Å². The summed E-state index contributed by atoms with van der Waals surface area (Å²) in [5.41, 5.74) is 1.55. The van der Waals surface area contributed by atoms with E-state index in [2.05, 4.69) is 10.6 Å². The highest BCUT2D eigenvalue weighted by atomic mass is 35.5. The Morgan fingerprint density at radius 1 is 1.26 bits per heavy atom. The number of halogens is 1. The Balaban J connectivity index is 2.62. The summed E-state index contributed by atoms with van der Waals surface area (Å²) in [6, 6.07) is 7.28. The van der Waals surface area contributed by atoms with E-state index < -0.39 is 0 Å². The highest BCUT2D eigenvalue weighted by molar-refractivity contribution is 6.32. The molecule has 1 aromatic carbocycles. The first-order valence-corrected chi connectivity index (χ1v) is 6.40. The van der Waals surface area contributed by atoms with Crippen molar-refractivity contribution in [2.75, 3.05) is 13.1 Å². The number of nitrogens with one attached hydrogen (secondary N) is 2. The predicted octanol–water partition coefficient (Wildman–Crippen LogP) is 2.00. The van der Waals surface area contributed by atoms with Gasteiger partial charge in [-0.05, 0) is 31.1 Å². The second-order valence-corrected chi connectivity index (χ2v) is 4.39. The summed E-state index contributed by atoms with van der Waals surface area (Å²) in [5.74, 6) is -0.525. The van der Waals surface area contributed by atoms with Gasteiger partial charge in [0.25, 0.3) is 0 Å². The molecule has 0 aliphatic heterocycles. The molecule has 0 bridgehead atoms. The fourth-order valence-electron chi connectivity index (χ4n) is 1.53. The Labute approximate surface area is 117 Å². The van der Waals surface area contributed by atoms with Crippen molar-refractivity contribution in [2.24, 2.45) is 0 Å². The van der Waals surface area contributed by atoms with Crippen LogP contribution in [0.3, 0.4) is 0 Å². The molecule has 19 heavy (non-hydrogen) atoms. The molecule has 5 heteroatoms. The molecule has 2 N–H and O–H groups in total. The molecule has 0 atom stereocenters. The predicted molar refractivity (Wildman–Crippen MR) is 76.8 cm³/mol. The topological polar surface area (TPSA) is 58.2 Å². The summed E-state index contributed by atoms with van der Waals surface area (Å²) in [5, 5.41) is 5.71. The van der Waals surface area contributed by atoms with Crippen LogP contribution in [0.15, 0.2) is 30.3 Å². The van der Waals surface area contributed by atoms with Crippen LogP contribution in [0.2, 0.25) is 5.02 Å². The van der Waals surface area contributed by atoms with Crippen LogP contribution >= 0.6 is 11.6 Å². The molecule has 0 fully saturated rings. The van der Waals surface area contributed by atoms with Crippen LogP contribution in [0.1, 0.15) is 19.4 Å². The second kappa shape index (κ2) is 7.59. The van der Waals surface area contributed by atoms with E-state index in [1.54, 1.807) is 13.0 Å². The Hall–Kier alpha value is -1.81. The van der Waals surface area contributed by atoms with E-state index in [1.807, 2.05) is 25.1 Å². The van der Waals surface area contributed by atoms with Gasteiger partial charge < -0.3 is 10.6 Å². The monoisotopic (exact) mass is 280 g/mol. The van der Waals surface area contributed by atoms with Crippen molar-refractivity contribution in [1.82, 2.24) is 10.6 Å². The molecule has 0 spiro atoms. The lowest BCUT2D eigenvalue weighted by Crippen LogP contribution is -2.36. The van der Waals surface area contributed by atoms with Gasteiger partial charge in [0, 0.05) is 17.6 Å². The van der Waals surface area contributed by atoms with Gasteiger partial charge in [-0.1, -0.05) is 29.8 Å². The van der Waals surface area contributed by atoms with Crippen molar-refractivity contribution in [1.29, 1.82) is 0 Å². The molecule has 0 aliphatic rings. The van der Waals surface area contributed by atoms with Crippen molar-refractivity contribution in [2.45, 2.75) is 13.8 Å². The number of hydrogen-bond donors (Lipinski definition) is 2.